The normalized spacial score (nSPS) is 16.9. The standard InChI is InChI=1S/C54H60F4N2O22S5/c1-53(2)42(10-9-11-43-54(3,17-20-79-24-25-81-27-26-80-23-22-78-5)46-37-29-33(84(65,66)67)31-41(86(71,72)73)35(37)14-16-39(46)60(43)19-21-77-4)59(38-15-13-34-36(45(38)53)28-32(83(62,63)64)30-40(34)85(68,69)70)18-8-6-7-12-44(61)82-51-47(55)49(57)52(87(74,75)76)50(58)48(51)56/h9-11,13-16,28-31H,6-8,12,17-27H2,1-5H3,(H4-,62,63,64,65,66,67,68,69,70,71,72,73,74,75,76). The molecule has 4 N–H and O–H groups in total. The van der Waals surface area contributed by atoms with Crippen LogP contribution in [0.4, 0.5) is 28.9 Å². The Kier molecular flexibility index (Phi) is 21.0. The van der Waals surface area contributed by atoms with E-state index < -0.39 is 127 Å². The molecule has 0 radical (unpaired) electrons. The third kappa shape index (κ3) is 14.7. The molecule has 0 bridgehead atoms. The van der Waals surface area contributed by atoms with E-state index >= 15 is 0 Å². The van der Waals surface area contributed by atoms with Gasteiger partial charge in [0.15, 0.2) is 17.3 Å². The van der Waals surface area contributed by atoms with Gasteiger partial charge in [0.2, 0.25) is 23.1 Å². The lowest BCUT2D eigenvalue weighted by molar-refractivity contribution is -0.438. The number of halogens is 4. The topological polar surface area (TPSA) is 353 Å². The van der Waals surface area contributed by atoms with Crippen molar-refractivity contribution >= 4 is 95.2 Å². The Morgan fingerprint density at radius 3 is 1.63 bits per heavy atom. The van der Waals surface area contributed by atoms with Crippen molar-refractivity contribution in [1.29, 1.82) is 0 Å². The average Bonchev–Trinajstić information content (AvgIpc) is 1.62. The second-order valence-electron chi connectivity index (χ2n) is 20.6. The number of allylic oxidation sites excluding steroid dienone is 4. The second-order valence-corrected chi connectivity index (χ2v) is 27.6. The molecule has 87 heavy (non-hydrogen) atoms. The van der Waals surface area contributed by atoms with Crippen LogP contribution in [0.25, 0.3) is 21.5 Å². The number of carbonyl (C=O) groups excluding carboxylic acids is 1. The lowest BCUT2D eigenvalue weighted by atomic mass is 9.76. The minimum atomic E-state index is -6.06. The van der Waals surface area contributed by atoms with Gasteiger partial charge in [-0.15, -0.1) is 0 Å². The monoisotopic (exact) mass is 1320 g/mol. The molecule has 2 heterocycles. The number of esters is 1. The van der Waals surface area contributed by atoms with Crippen molar-refractivity contribution in [3.05, 3.63) is 107 Å². The first-order valence-electron chi connectivity index (χ1n) is 26.2. The highest BCUT2D eigenvalue weighted by Gasteiger charge is 2.48. The fourth-order valence-corrected chi connectivity index (χ4v) is 14.0. The van der Waals surface area contributed by atoms with Gasteiger partial charge in [-0.1, -0.05) is 12.1 Å². The van der Waals surface area contributed by atoms with Crippen LogP contribution in [0.1, 0.15) is 64.0 Å². The summed E-state index contributed by atoms with van der Waals surface area (Å²) in [4.78, 5) is 8.76. The minimum absolute atomic E-state index is 0.00463. The molecule has 33 heteroatoms. The number of hydrogen-bond acceptors (Lipinski definition) is 19. The van der Waals surface area contributed by atoms with E-state index in [0.717, 1.165) is 12.1 Å². The van der Waals surface area contributed by atoms with Crippen LogP contribution < -0.4 is 9.64 Å². The highest BCUT2D eigenvalue weighted by atomic mass is 32.2. The number of rotatable bonds is 29. The van der Waals surface area contributed by atoms with Crippen LogP contribution in [-0.4, -0.2) is 161 Å². The van der Waals surface area contributed by atoms with Gasteiger partial charge in [-0.3, -0.25) is 23.0 Å². The summed E-state index contributed by atoms with van der Waals surface area (Å²) < 4.78 is 270. The minimum Gasteiger partial charge on any atom is -0.744 e. The third-order valence-electron chi connectivity index (χ3n) is 14.7. The van der Waals surface area contributed by atoms with Crippen molar-refractivity contribution in [1.82, 2.24) is 0 Å². The van der Waals surface area contributed by atoms with Crippen molar-refractivity contribution < 1.29 is 120 Å². The molecule has 0 amide bonds. The zero-order chi connectivity index (χ0) is 64.4. The maximum absolute atomic E-state index is 14.7. The Morgan fingerprint density at radius 1 is 0.621 bits per heavy atom. The van der Waals surface area contributed by atoms with E-state index in [1.165, 1.54) is 32.4 Å². The first-order valence-corrected chi connectivity index (χ1v) is 33.4. The molecule has 2 aliphatic rings. The molecule has 2 aliphatic heterocycles. The summed E-state index contributed by atoms with van der Waals surface area (Å²) in [6.07, 6.45) is 4.59. The molecule has 24 nitrogen and oxygen atoms in total. The molecule has 1 unspecified atom stereocenters. The Labute approximate surface area is 498 Å². The Morgan fingerprint density at radius 2 is 1.13 bits per heavy atom. The molecule has 0 aliphatic carbocycles. The predicted octanol–water partition coefficient (Wildman–Crippen LogP) is 6.93. The van der Waals surface area contributed by atoms with Crippen molar-refractivity contribution in [3.63, 3.8) is 0 Å². The smallest absolute Gasteiger partial charge is 0.311 e. The quantitative estimate of drug-likeness (QED) is 0.00716. The molecule has 7 rings (SSSR count). The second kappa shape index (κ2) is 26.7. The molecule has 0 fully saturated rings. The molecule has 0 saturated heterocycles. The third-order valence-corrected chi connectivity index (χ3v) is 19.0. The van der Waals surface area contributed by atoms with Crippen LogP contribution in [0.5, 0.6) is 5.75 Å². The van der Waals surface area contributed by atoms with Gasteiger partial charge in [0, 0.05) is 85.5 Å². The number of carbonyl (C=O) groups is 1. The number of ether oxygens (including phenoxy) is 6. The molecule has 1 atom stereocenters. The van der Waals surface area contributed by atoms with E-state index in [4.69, 9.17) is 23.7 Å². The van der Waals surface area contributed by atoms with E-state index in [1.807, 2.05) is 4.90 Å². The van der Waals surface area contributed by atoms with Crippen LogP contribution >= 0.6 is 0 Å². The number of nitrogens with zero attached hydrogens (tertiary/aromatic N) is 2. The maximum atomic E-state index is 14.7. The largest absolute Gasteiger partial charge is 0.744 e. The molecular weight excluding hydrogens is 1260 g/mol. The fourth-order valence-electron chi connectivity index (χ4n) is 10.8. The summed E-state index contributed by atoms with van der Waals surface area (Å²) in [5, 5.41) is -0.265. The number of hydrogen-bond donors (Lipinski definition) is 4. The summed E-state index contributed by atoms with van der Waals surface area (Å²) in [5.41, 5.74) is -0.197. The van der Waals surface area contributed by atoms with Crippen LogP contribution in [0.2, 0.25) is 0 Å². The van der Waals surface area contributed by atoms with E-state index in [9.17, 15) is 87.2 Å². The molecule has 5 aromatic rings. The van der Waals surface area contributed by atoms with E-state index in [0.29, 0.717) is 59.3 Å². The van der Waals surface area contributed by atoms with Crippen LogP contribution in [0, 0.1) is 23.3 Å². The number of anilines is 1. The SMILES string of the molecule is COCCOCCOCCOCCC1(C)C(=CC=CC2=[N+](CCCCCC(=O)Oc3c(F)c(F)c(S(=O)(=O)[O-])c(F)c3F)c3ccc4c(S(=O)(=O)O)cc(S(=O)(=O)O)cc4c3C2(C)C)N(CCOC)c2ccc3c(S(=O)(=O)O)cc(S(=O)(=O)O)cc3c21. The zero-order valence-corrected chi connectivity index (χ0v) is 51.1. The molecule has 476 valence electrons. The number of methoxy groups -OCH3 is 2. The highest BCUT2D eigenvalue weighted by molar-refractivity contribution is 7.87. The Balaban J connectivity index is 1.33. The lowest BCUT2D eigenvalue weighted by Gasteiger charge is -2.31. The average molecular weight is 1330 g/mol. The Bertz CT molecular complexity index is 4210. The van der Waals surface area contributed by atoms with Gasteiger partial charge in [-0.05, 0) is 98.8 Å². The zero-order valence-electron chi connectivity index (χ0n) is 47.0. The Hall–Kier alpha value is -5.89. The fraction of sp³-hybridized carbons (Fsp3) is 0.407. The van der Waals surface area contributed by atoms with Crippen molar-refractivity contribution in [2.24, 2.45) is 0 Å². The summed E-state index contributed by atoms with van der Waals surface area (Å²) in [6, 6.07) is 9.06. The van der Waals surface area contributed by atoms with Gasteiger partial charge < -0.3 is 37.9 Å². The van der Waals surface area contributed by atoms with Crippen molar-refractivity contribution in [2.75, 3.05) is 85.1 Å². The number of fused-ring (bicyclic) bond motifs is 6. The molecule has 0 aromatic heterocycles. The van der Waals surface area contributed by atoms with Gasteiger partial charge in [0.1, 0.15) is 31.3 Å². The number of benzene rings is 5. The van der Waals surface area contributed by atoms with Crippen molar-refractivity contribution in [2.45, 2.75) is 88.2 Å². The molecule has 0 saturated carbocycles. The van der Waals surface area contributed by atoms with Crippen LogP contribution in [0.15, 0.2) is 96.9 Å². The van der Waals surface area contributed by atoms with Gasteiger partial charge in [0.25, 0.3) is 40.5 Å². The highest BCUT2D eigenvalue weighted by Crippen LogP contribution is 2.54. The summed E-state index contributed by atoms with van der Waals surface area (Å²) in [7, 11) is -23.7. The predicted molar refractivity (Wildman–Crippen MR) is 301 cm³/mol. The van der Waals surface area contributed by atoms with Gasteiger partial charge >= 0.3 is 5.97 Å². The lowest BCUT2D eigenvalue weighted by Crippen LogP contribution is -2.32. The summed E-state index contributed by atoms with van der Waals surface area (Å²) in [5.74, 6) is -13.5. The van der Waals surface area contributed by atoms with Gasteiger partial charge in [-0.25, -0.2) is 17.2 Å². The molecule has 5 aromatic carbocycles. The first kappa shape index (κ1) is 68.6. The van der Waals surface area contributed by atoms with Crippen molar-refractivity contribution in [3.8, 4) is 5.75 Å². The van der Waals surface area contributed by atoms with Crippen LogP contribution in [0.3, 0.4) is 0 Å². The van der Waals surface area contributed by atoms with Gasteiger partial charge in [0.05, 0.1) is 61.5 Å². The summed E-state index contributed by atoms with van der Waals surface area (Å²) >= 11 is 0. The van der Waals surface area contributed by atoms with Crippen LogP contribution in [-0.2, 0) is 89.9 Å². The van der Waals surface area contributed by atoms with Gasteiger partial charge in [-0.2, -0.15) is 47.0 Å². The molecular formula is C54H60F4N2O22S5. The number of unbranched alkanes of at least 4 members (excludes halogenated alkanes) is 2. The van der Waals surface area contributed by atoms with E-state index in [1.54, 1.807) is 49.6 Å². The van der Waals surface area contributed by atoms with E-state index in [2.05, 4.69) is 4.74 Å². The first-order chi connectivity index (χ1) is 40.5. The maximum Gasteiger partial charge on any atom is 0.311 e. The summed E-state index contributed by atoms with van der Waals surface area (Å²) in [6.45, 7) is 6.95. The van der Waals surface area contributed by atoms with E-state index in [-0.39, 0.29) is 100.0 Å². The molecule has 0 spiro atoms.